The Morgan fingerprint density at radius 1 is 1.17 bits per heavy atom. The van der Waals surface area contributed by atoms with Crippen LogP contribution in [0.15, 0.2) is 32.0 Å². The van der Waals surface area contributed by atoms with Crippen LogP contribution in [0.1, 0.15) is 5.56 Å². The third kappa shape index (κ3) is 1.03. The normalized spacial score (nSPS) is 12.7. The van der Waals surface area contributed by atoms with Crippen LogP contribution in [-0.2, 0) is 0 Å². The molecule has 1 aromatic carbocycles. The van der Waals surface area contributed by atoms with Crippen LogP contribution in [-0.4, -0.2) is 7.05 Å². The van der Waals surface area contributed by atoms with Crippen LogP contribution in [0.4, 0.5) is 0 Å². The molecule has 0 spiro atoms. The van der Waals surface area contributed by atoms with E-state index in [-0.39, 0.29) is 0 Å². The molecule has 0 bridgehead atoms. The summed E-state index contributed by atoms with van der Waals surface area (Å²) in [6, 6.07) is 5.77. The minimum absolute atomic E-state index is 0.315. The Bertz CT molecular complexity index is 465. The van der Waals surface area contributed by atoms with Crippen LogP contribution in [0.2, 0.25) is 0 Å². The van der Waals surface area contributed by atoms with Crippen molar-refractivity contribution in [2.75, 3.05) is 7.05 Å². The van der Waals surface area contributed by atoms with Crippen LogP contribution in [0.5, 0.6) is 0 Å². The Morgan fingerprint density at radius 2 is 1.92 bits per heavy atom. The van der Waals surface area contributed by atoms with Gasteiger partial charge in [0, 0.05) is 7.05 Å². The molecule has 62 valence electrons. The van der Waals surface area contributed by atoms with Crippen molar-refractivity contribution in [3.63, 3.8) is 0 Å². The van der Waals surface area contributed by atoms with Crippen molar-refractivity contribution in [2.24, 2.45) is 4.99 Å². The molecular formula is C9H9NO2. The highest BCUT2D eigenvalue weighted by atomic mass is 16.5. The number of benzene rings is 1. The molecule has 3 heteroatoms. The number of hydrogen-bond donors (Lipinski definition) is 0. The molecule has 0 radical (unpaired) electrons. The fourth-order valence-electron chi connectivity index (χ4n) is 1.08. The van der Waals surface area contributed by atoms with E-state index in [2.05, 4.69) is 4.99 Å². The molecule has 1 aromatic heterocycles. The summed E-state index contributed by atoms with van der Waals surface area (Å²) < 4.78 is 10.5. The summed E-state index contributed by atoms with van der Waals surface area (Å²) >= 11 is 0. The van der Waals surface area contributed by atoms with Gasteiger partial charge in [0.25, 0.3) is 0 Å². The molecular weight excluding hydrogens is 154 g/mol. The lowest BCUT2D eigenvalue weighted by Crippen LogP contribution is -1.90. The third-order valence-electron chi connectivity index (χ3n) is 1.68. The molecule has 0 aliphatic carbocycles. The molecule has 0 aliphatic heterocycles. The molecule has 0 saturated carbocycles. The van der Waals surface area contributed by atoms with Crippen molar-refractivity contribution in [1.29, 1.82) is 0 Å². The molecule has 0 amide bonds. The van der Waals surface area contributed by atoms with Gasteiger partial charge in [-0.05, 0) is 24.6 Å². The van der Waals surface area contributed by atoms with Gasteiger partial charge >= 0.3 is 5.75 Å². The molecule has 3 nitrogen and oxygen atoms in total. The molecule has 0 fully saturated rings. The van der Waals surface area contributed by atoms with Crippen LogP contribution >= 0.6 is 0 Å². The van der Waals surface area contributed by atoms with Gasteiger partial charge in [0.1, 0.15) is 0 Å². The average Bonchev–Trinajstić information content (AvgIpc) is 2.46. The first kappa shape index (κ1) is 7.16. The van der Waals surface area contributed by atoms with E-state index in [0.29, 0.717) is 5.75 Å². The Morgan fingerprint density at radius 3 is 2.67 bits per heavy atom. The van der Waals surface area contributed by atoms with Crippen molar-refractivity contribution >= 4 is 11.2 Å². The van der Waals surface area contributed by atoms with Gasteiger partial charge in [-0.1, -0.05) is 6.07 Å². The van der Waals surface area contributed by atoms with E-state index in [0.717, 1.165) is 16.7 Å². The molecule has 2 aromatic rings. The fraction of sp³-hybridized carbons (Fsp3) is 0.222. The van der Waals surface area contributed by atoms with E-state index < -0.39 is 0 Å². The highest BCUT2D eigenvalue weighted by molar-refractivity contribution is 5.70. The SMILES string of the molecule is C/N=c1/oc2ccc(C)cc2o1. The maximum Gasteiger partial charge on any atom is 0.394 e. The van der Waals surface area contributed by atoms with Gasteiger partial charge < -0.3 is 8.83 Å². The molecule has 0 unspecified atom stereocenters. The average molecular weight is 163 g/mol. The predicted octanol–water partition coefficient (Wildman–Crippen LogP) is 1.86. The maximum atomic E-state index is 5.26. The number of rotatable bonds is 0. The standard InChI is InChI=1S/C9H9NO2/c1-6-3-4-7-8(5-6)12-9(10-2)11-7/h3-5H,1-2H3/b10-9-. The van der Waals surface area contributed by atoms with Gasteiger partial charge in [0.05, 0.1) is 0 Å². The first-order chi connectivity index (χ1) is 5.79. The molecule has 12 heavy (non-hydrogen) atoms. The van der Waals surface area contributed by atoms with Crippen molar-refractivity contribution in [1.82, 2.24) is 0 Å². The van der Waals surface area contributed by atoms with E-state index in [4.69, 9.17) is 8.83 Å². The van der Waals surface area contributed by atoms with Crippen LogP contribution in [0, 0.1) is 6.92 Å². The van der Waals surface area contributed by atoms with Crippen LogP contribution in [0.25, 0.3) is 11.2 Å². The summed E-state index contributed by atoms with van der Waals surface area (Å²) in [6.45, 7) is 2.00. The van der Waals surface area contributed by atoms with E-state index >= 15 is 0 Å². The Kier molecular flexibility index (Phi) is 1.50. The van der Waals surface area contributed by atoms with Crippen molar-refractivity contribution in [2.45, 2.75) is 6.92 Å². The highest BCUT2D eigenvalue weighted by Crippen LogP contribution is 2.13. The van der Waals surface area contributed by atoms with E-state index in [1.165, 1.54) is 0 Å². The lowest BCUT2D eigenvalue weighted by molar-refractivity contribution is 0.388. The first-order valence-corrected chi connectivity index (χ1v) is 3.73. The summed E-state index contributed by atoms with van der Waals surface area (Å²) in [5, 5.41) is 0. The van der Waals surface area contributed by atoms with Crippen molar-refractivity contribution in [3.8, 4) is 0 Å². The quantitative estimate of drug-likeness (QED) is 0.594. The van der Waals surface area contributed by atoms with Crippen molar-refractivity contribution < 1.29 is 8.83 Å². The predicted molar refractivity (Wildman–Crippen MR) is 44.7 cm³/mol. The Labute approximate surface area is 69.3 Å². The summed E-state index contributed by atoms with van der Waals surface area (Å²) in [6.07, 6.45) is 0. The molecule has 0 atom stereocenters. The summed E-state index contributed by atoms with van der Waals surface area (Å²) in [5.41, 5.74) is 2.63. The van der Waals surface area contributed by atoms with E-state index in [9.17, 15) is 0 Å². The van der Waals surface area contributed by atoms with Crippen molar-refractivity contribution in [3.05, 3.63) is 29.5 Å². The minimum atomic E-state index is 0.315. The number of aryl methyl sites for hydroxylation is 1. The van der Waals surface area contributed by atoms with E-state index in [1.54, 1.807) is 7.05 Å². The molecule has 0 N–H and O–H groups in total. The number of hydrogen-bond acceptors (Lipinski definition) is 3. The van der Waals surface area contributed by atoms with Gasteiger partial charge in [-0.25, -0.2) is 4.99 Å². The number of nitrogens with zero attached hydrogens (tertiary/aromatic N) is 1. The lowest BCUT2D eigenvalue weighted by atomic mass is 10.2. The smallest absolute Gasteiger partial charge is 0.394 e. The summed E-state index contributed by atoms with van der Waals surface area (Å²) in [7, 11) is 1.63. The zero-order chi connectivity index (χ0) is 8.55. The summed E-state index contributed by atoms with van der Waals surface area (Å²) in [5.74, 6) is 0.315. The van der Waals surface area contributed by atoms with E-state index in [1.807, 2.05) is 25.1 Å². The van der Waals surface area contributed by atoms with Crippen LogP contribution < -0.4 is 5.75 Å². The third-order valence-corrected chi connectivity index (χ3v) is 1.68. The second kappa shape index (κ2) is 2.52. The Hall–Kier alpha value is -1.51. The second-order valence-electron chi connectivity index (χ2n) is 2.64. The summed E-state index contributed by atoms with van der Waals surface area (Å²) in [4.78, 5) is 3.80. The van der Waals surface area contributed by atoms with Gasteiger partial charge in [-0.3, -0.25) is 0 Å². The minimum Gasteiger partial charge on any atom is -0.407 e. The molecule has 0 saturated heterocycles. The van der Waals surface area contributed by atoms with Crippen LogP contribution in [0.3, 0.4) is 0 Å². The monoisotopic (exact) mass is 163 g/mol. The molecule has 2 rings (SSSR count). The van der Waals surface area contributed by atoms with Gasteiger partial charge in [0.15, 0.2) is 11.2 Å². The van der Waals surface area contributed by atoms with Gasteiger partial charge in [0.2, 0.25) is 0 Å². The first-order valence-electron chi connectivity index (χ1n) is 3.73. The topological polar surface area (TPSA) is 38.6 Å². The van der Waals surface area contributed by atoms with Gasteiger partial charge in [-0.15, -0.1) is 0 Å². The Balaban J connectivity index is 2.84. The lowest BCUT2D eigenvalue weighted by Gasteiger charge is -1.86. The second-order valence-corrected chi connectivity index (χ2v) is 2.64. The van der Waals surface area contributed by atoms with Gasteiger partial charge in [-0.2, -0.15) is 0 Å². The highest BCUT2D eigenvalue weighted by Gasteiger charge is 2.00. The maximum absolute atomic E-state index is 5.26. The number of fused-ring (bicyclic) bond motifs is 1. The zero-order valence-electron chi connectivity index (χ0n) is 7.00. The fourth-order valence-corrected chi connectivity index (χ4v) is 1.08. The molecule has 1 heterocycles. The zero-order valence-corrected chi connectivity index (χ0v) is 7.00. The molecule has 0 aliphatic rings. The largest absolute Gasteiger partial charge is 0.407 e.